The standard InChI is InChI=1S/C25H24F3N3O2S.ClH/c1-32-22-13-18(7-9-21(22)33-16-17-5-3-2-4-6-17)15-31(12-11-29)24-30-20-14-19(25(26,27)28)8-10-23(20)34-24;/h2-10,13-14H,11-12,15-16,29H2,1H3;1H. The van der Waals surface area contributed by atoms with Crippen molar-refractivity contribution in [3.05, 3.63) is 83.4 Å². The van der Waals surface area contributed by atoms with Gasteiger partial charge in [-0.05, 0) is 41.5 Å². The fraction of sp³-hybridized carbons (Fsp3) is 0.240. The molecule has 0 atom stereocenters. The van der Waals surface area contributed by atoms with Crippen molar-refractivity contribution in [2.75, 3.05) is 25.1 Å². The number of rotatable bonds is 9. The van der Waals surface area contributed by atoms with E-state index in [0.29, 0.717) is 53.1 Å². The molecule has 0 saturated heterocycles. The van der Waals surface area contributed by atoms with Crippen LogP contribution in [0.25, 0.3) is 10.2 Å². The molecule has 4 rings (SSSR count). The maximum Gasteiger partial charge on any atom is 0.416 e. The van der Waals surface area contributed by atoms with E-state index in [4.69, 9.17) is 15.2 Å². The molecule has 0 amide bonds. The second kappa shape index (κ2) is 11.6. The number of benzene rings is 3. The van der Waals surface area contributed by atoms with Gasteiger partial charge >= 0.3 is 6.18 Å². The van der Waals surface area contributed by atoms with Gasteiger partial charge in [0.25, 0.3) is 0 Å². The van der Waals surface area contributed by atoms with E-state index in [1.807, 2.05) is 53.4 Å². The van der Waals surface area contributed by atoms with Crippen LogP contribution in [0.5, 0.6) is 11.5 Å². The third-order valence-corrected chi connectivity index (χ3v) is 6.31. The summed E-state index contributed by atoms with van der Waals surface area (Å²) in [5.41, 5.74) is 7.41. The van der Waals surface area contributed by atoms with E-state index in [1.54, 1.807) is 7.11 Å². The van der Waals surface area contributed by atoms with Crippen LogP contribution < -0.4 is 20.1 Å². The maximum atomic E-state index is 13.1. The SMILES string of the molecule is COc1cc(CN(CCN)c2nc3cc(C(F)(F)F)ccc3s2)ccc1OCc1ccccc1.Cl. The molecule has 0 radical (unpaired) electrons. The molecule has 0 aliphatic rings. The molecule has 0 unspecified atom stereocenters. The summed E-state index contributed by atoms with van der Waals surface area (Å²) in [6, 6.07) is 19.1. The Kier molecular flexibility index (Phi) is 8.82. The second-order valence-electron chi connectivity index (χ2n) is 7.65. The molecule has 1 heterocycles. The van der Waals surface area contributed by atoms with Gasteiger partial charge in [0.1, 0.15) is 6.61 Å². The predicted molar refractivity (Wildman–Crippen MR) is 136 cm³/mol. The van der Waals surface area contributed by atoms with Crippen molar-refractivity contribution in [3.8, 4) is 11.5 Å². The lowest BCUT2D eigenvalue weighted by molar-refractivity contribution is -0.137. The second-order valence-corrected chi connectivity index (χ2v) is 8.66. The Bertz CT molecular complexity index is 1250. The van der Waals surface area contributed by atoms with Crippen molar-refractivity contribution in [2.24, 2.45) is 5.73 Å². The Morgan fingerprint density at radius 2 is 1.74 bits per heavy atom. The molecule has 0 saturated carbocycles. The topological polar surface area (TPSA) is 60.6 Å². The number of nitrogens with two attached hydrogens (primary N) is 1. The molecule has 0 aliphatic heterocycles. The summed E-state index contributed by atoms with van der Waals surface area (Å²) >= 11 is 1.34. The quantitative estimate of drug-likeness (QED) is 0.279. The first kappa shape index (κ1) is 26.6. The van der Waals surface area contributed by atoms with Gasteiger partial charge in [0, 0.05) is 19.6 Å². The van der Waals surface area contributed by atoms with E-state index in [1.165, 1.54) is 17.4 Å². The average molecular weight is 524 g/mol. The Balaban J connectivity index is 0.00000342. The number of ether oxygens (including phenoxy) is 2. The molecule has 4 aromatic rings. The summed E-state index contributed by atoms with van der Waals surface area (Å²) in [5.74, 6) is 1.22. The third-order valence-electron chi connectivity index (χ3n) is 5.21. The van der Waals surface area contributed by atoms with Crippen molar-refractivity contribution in [2.45, 2.75) is 19.3 Å². The van der Waals surface area contributed by atoms with Crippen molar-refractivity contribution >= 4 is 39.1 Å². The van der Waals surface area contributed by atoms with Crippen LogP contribution in [0, 0.1) is 0 Å². The summed E-state index contributed by atoms with van der Waals surface area (Å²) in [4.78, 5) is 6.41. The molecule has 0 spiro atoms. The summed E-state index contributed by atoms with van der Waals surface area (Å²) in [6.07, 6.45) is -4.41. The van der Waals surface area contributed by atoms with Crippen LogP contribution in [-0.2, 0) is 19.3 Å². The van der Waals surface area contributed by atoms with E-state index in [9.17, 15) is 13.2 Å². The van der Waals surface area contributed by atoms with Crippen LogP contribution in [0.1, 0.15) is 16.7 Å². The molecule has 0 aliphatic carbocycles. The van der Waals surface area contributed by atoms with Gasteiger partial charge in [0.15, 0.2) is 16.6 Å². The molecule has 5 nitrogen and oxygen atoms in total. The third kappa shape index (κ3) is 6.56. The predicted octanol–water partition coefficient (Wildman–Crippen LogP) is 6.29. The van der Waals surface area contributed by atoms with Crippen molar-refractivity contribution in [1.82, 2.24) is 4.98 Å². The molecule has 3 aromatic carbocycles. The summed E-state index contributed by atoms with van der Waals surface area (Å²) in [6.45, 7) is 1.76. The number of nitrogens with zero attached hydrogens (tertiary/aromatic N) is 2. The minimum atomic E-state index is -4.41. The highest BCUT2D eigenvalue weighted by molar-refractivity contribution is 7.22. The first-order valence-corrected chi connectivity index (χ1v) is 11.5. The fourth-order valence-electron chi connectivity index (χ4n) is 3.51. The molecule has 2 N–H and O–H groups in total. The lowest BCUT2D eigenvalue weighted by Crippen LogP contribution is -2.28. The van der Waals surface area contributed by atoms with Gasteiger partial charge in [-0.15, -0.1) is 12.4 Å². The minimum Gasteiger partial charge on any atom is -0.493 e. The van der Waals surface area contributed by atoms with Gasteiger partial charge in [-0.3, -0.25) is 0 Å². The smallest absolute Gasteiger partial charge is 0.416 e. The monoisotopic (exact) mass is 523 g/mol. The van der Waals surface area contributed by atoms with E-state index in [2.05, 4.69) is 4.98 Å². The normalized spacial score (nSPS) is 11.2. The van der Waals surface area contributed by atoms with Gasteiger partial charge < -0.3 is 20.1 Å². The zero-order valence-corrected chi connectivity index (χ0v) is 20.6. The van der Waals surface area contributed by atoms with Gasteiger partial charge in [-0.1, -0.05) is 47.7 Å². The van der Waals surface area contributed by atoms with Gasteiger partial charge in [-0.2, -0.15) is 13.2 Å². The molecule has 186 valence electrons. The Morgan fingerprint density at radius 3 is 2.43 bits per heavy atom. The lowest BCUT2D eigenvalue weighted by Gasteiger charge is -2.22. The van der Waals surface area contributed by atoms with E-state index in [0.717, 1.165) is 23.3 Å². The van der Waals surface area contributed by atoms with Crippen LogP contribution in [0.3, 0.4) is 0 Å². The number of hydrogen-bond donors (Lipinski definition) is 1. The number of aromatic nitrogens is 1. The molecular weight excluding hydrogens is 499 g/mol. The Morgan fingerprint density at radius 1 is 0.971 bits per heavy atom. The van der Waals surface area contributed by atoms with Gasteiger partial charge in [0.05, 0.1) is 22.9 Å². The largest absolute Gasteiger partial charge is 0.493 e. The number of fused-ring (bicyclic) bond motifs is 1. The highest BCUT2D eigenvalue weighted by Gasteiger charge is 2.31. The fourth-order valence-corrected chi connectivity index (χ4v) is 4.48. The number of methoxy groups -OCH3 is 1. The highest BCUT2D eigenvalue weighted by Crippen LogP contribution is 2.36. The van der Waals surface area contributed by atoms with E-state index < -0.39 is 11.7 Å². The van der Waals surface area contributed by atoms with Crippen LogP contribution in [0.4, 0.5) is 18.3 Å². The maximum absolute atomic E-state index is 13.1. The molecule has 1 aromatic heterocycles. The summed E-state index contributed by atoms with van der Waals surface area (Å²) < 4.78 is 51.4. The van der Waals surface area contributed by atoms with Crippen LogP contribution in [-0.4, -0.2) is 25.2 Å². The Labute approximate surface area is 211 Å². The zero-order valence-electron chi connectivity index (χ0n) is 18.9. The van der Waals surface area contributed by atoms with Crippen LogP contribution >= 0.6 is 23.7 Å². The highest BCUT2D eigenvalue weighted by atomic mass is 35.5. The average Bonchev–Trinajstić information content (AvgIpc) is 3.26. The summed E-state index contributed by atoms with van der Waals surface area (Å²) in [5, 5.41) is 0.614. The van der Waals surface area contributed by atoms with E-state index in [-0.39, 0.29) is 12.4 Å². The molecule has 10 heteroatoms. The molecule has 0 bridgehead atoms. The van der Waals surface area contributed by atoms with Gasteiger partial charge in [-0.25, -0.2) is 4.98 Å². The van der Waals surface area contributed by atoms with Crippen LogP contribution in [0.2, 0.25) is 0 Å². The molecular formula is C25H25ClF3N3O2S. The minimum absolute atomic E-state index is 0. The van der Waals surface area contributed by atoms with Gasteiger partial charge in [0.2, 0.25) is 0 Å². The first-order valence-electron chi connectivity index (χ1n) is 10.6. The molecule has 35 heavy (non-hydrogen) atoms. The van der Waals surface area contributed by atoms with Crippen molar-refractivity contribution < 1.29 is 22.6 Å². The van der Waals surface area contributed by atoms with E-state index >= 15 is 0 Å². The number of thiazole rings is 1. The number of alkyl halides is 3. The number of halogens is 4. The molecule has 0 fully saturated rings. The lowest BCUT2D eigenvalue weighted by atomic mass is 10.2. The number of anilines is 1. The van der Waals surface area contributed by atoms with Crippen molar-refractivity contribution in [3.63, 3.8) is 0 Å². The summed E-state index contributed by atoms with van der Waals surface area (Å²) in [7, 11) is 1.58. The zero-order chi connectivity index (χ0) is 24.1. The van der Waals surface area contributed by atoms with Crippen molar-refractivity contribution in [1.29, 1.82) is 0 Å². The van der Waals surface area contributed by atoms with Crippen LogP contribution in [0.15, 0.2) is 66.7 Å². The first-order chi connectivity index (χ1) is 16.4. The Hall–Kier alpha value is -3.01. The number of hydrogen-bond acceptors (Lipinski definition) is 6.